The number of aromatic carboxylic acids is 1. The Morgan fingerprint density at radius 3 is 2.72 bits per heavy atom. The number of benzene rings is 1. The third-order valence-corrected chi connectivity index (χ3v) is 3.12. The Hall–Kier alpha value is -1.88. The summed E-state index contributed by atoms with van der Waals surface area (Å²) in [5, 5.41) is 8.89. The smallest absolute Gasteiger partial charge is 0.335 e. The summed E-state index contributed by atoms with van der Waals surface area (Å²) in [6.07, 6.45) is 0.900. The first kappa shape index (κ1) is 12.6. The number of carbonyl (C=O) groups is 2. The van der Waals surface area contributed by atoms with E-state index in [0.717, 1.165) is 6.42 Å². The molecule has 96 valence electrons. The lowest BCUT2D eigenvalue weighted by Gasteiger charge is -2.16. The molecule has 0 bridgehead atoms. The molecule has 1 atom stereocenters. The summed E-state index contributed by atoms with van der Waals surface area (Å²) in [5.41, 5.74) is 0.537. The molecule has 1 aromatic carbocycles. The van der Waals surface area contributed by atoms with Crippen molar-refractivity contribution < 1.29 is 19.4 Å². The van der Waals surface area contributed by atoms with Crippen LogP contribution in [0.4, 0.5) is 0 Å². The molecule has 0 radical (unpaired) electrons. The van der Waals surface area contributed by atoms with Gasteiger partial charge in [-0.25, -0.2) is 4.79 Å². The molecule has 1 heterocycles. The van der Waals surface area contributed by atoms with Crippen LogP contribution >= 0.6 is 0 Å². The van der Waals surface area contributed by atoms with Crippen LogP contribution in [0.3, 0.4) is 0 Å². The van der Waals surface area contributed by atoms with Crippen LogP contribution in [0.2, 0.25) is 0 Å². The lowest BCUT2D eigenvalue weighted by atomic mass is 10.1. The molecule has 1 aliphatic rings. The van der Waals surface area contributed by atoms with E-state index in [4.69, 9.17) is 9.84 Å². The van der Waals surface area contributed by atoms with Gasteiger partial charge in [-0.1, -0.05) is 6.07 Å². The molecule has 0 aliphatic carbocycles. The lowest BCUT2D eigenvalue weighted by molar-refractivity contribution is 0.0696. The van der Waals surface area contributed by atoms with E-state index in [1.807, 2.05) is 0 Å². The molecule has 1 fully saturated rings. The first-order valence-corrected chi connectivity index (χ1v) is 5.77. The highest BCUT2D eigenvalue weighted by Gasteiger charge is 2.26. The van der Waals surface area contributed by atoms with Gasteiger partial charge in [0.15, 0.2) is 0 Å². The highest BCUT2D eigenvalue weighted by atomic mass is 16.5. The monoisotopic (exact) mass is 249 g/mol. The Kier molecular flexibility index (Phi) is 3.62. The number of methoxy groups -OCH3 is 1. The van der Waals surface area contributed by atoms with Crippen molar-refractivity contribution in [2.45, 2.75) is 12.5 Å². The molecule has 0 saturated carbocycles. The predicted octanol–water partition coefficient (Wildman–Crippen LogP) is 1.25. The molecule has 1 aromatic rings. The van der Waals surface area contributed by atoms with Gasteiger partial charge >= 0.3 is 5.97 Å². The van der Waals surface area contributed by atoms with Gasteiger partial charge in [0, 0.05) is 25.8 Å². The lowest BCUT2D eigenvalue weighted by Crippen LogP contribution is -2.30. The van der Waals surface area contributed by atoms with Gasteiger partial charge in [-0.15, -0.1) is 0 Å². The summed E-state index contributed by atoms with van der Waals surface area (Å²) >= 11 is 0. The van der Waals surface area contributed by atoms with Gasteiger partial charge in [0.2, 0.25) is 0 Å². The Morgan fingerprint density at radius 1 is 1.39 bits per heavy atom. The van der Waals surface area contributed by atoms with E-state index in [0.29, 0.717) is 18.7 Å². The number of likely N-dealkylation sites (tertiary alicyclic amines) is 1. The van der Waals surface area contributed by atoms with Crippen LogP contribution in [-0.2, 0) is 4.74 Å². The number of ether oxygens (including phenoxy) is 1. The van der Waals surface area contributed by atoms with Gasteiger partial charge in [-0.3, -0.25) is 4.79 Å². The van der Waals surface area contributed by atoms with Crippen LogP contribution in [0.15, 0.2) is 24.3 Å². The zero-order valence-electron chi connectivity index (χ0n) is 10.1. The average molecular weight is 249 g/mol. The van der Waals surface area contributed by atoms with Crippen LogP contribution < -0.4 is 0 Å². The van der Waals surface area contributed by atoms with E-state index >= 15 is 0 Å². The fraction of sp³-hybridized carbons (Fsp3) is 0.385. The normalized spacial score (nSPS) is 18.9. The number of carboxylic acids is 1. The Bertz CT molecular complexity index is 472. The zero-order valence-corrected chi connectivity index (χ0v) is 10.1. The highest BCUT2D eigenvalue weighted by Crippen LogP contribution is 2.16. The molecular formula is C13H15NO4. The van der Waals surface area contributed by atoms with Crippen LogP contribution in [-0.4, -0.2) is 48.2 Å². The number of hydrogen-bond donors (Lipinski definition) is 1. The van der Waals surface area contributed by atoms with Crippen molar-refractivity contribution in [3.8, 4) is 0 Å². The van der Waals surface area contributed by atoms with Crippen LogP contribution in [0.1, 0.15) is 27.1 Å². The molecule has 5 heteroatoms. The minimum absolute atomic E-state index is 0.0802. The first-order chi connectivity index (χ1) is 8.61. The van der Waals surface area contributed by atoms with E-state index in [2.05, 4.69) is 0 Å². The number of hydrogen-bond acceptors (Lipinski definition) is 3. The summed E-state index contributed by atoms with van der Waals surface area (Å²) in [7, 11) is 1.63. The van der Waals surface area contributed by atoms with Crippen molar-refractivity contribution in [2.24, 2.45) is 0 Å². The highest BCUT2D eigenvalue weighted by molar-refractivity contribution is 5.97. The van der Waals surface area contributed by atoms with Crippen LogP contribution in [0.5, 0.6) is 0 Å². The SMILES string of the molecule is CO[C@H]1CCN(C(=O)c2cccc(C(=O)O)c2)C1. The zero-order chi connectivity index (χ0) is 13.1. The average Bonchev–Trinajstić information content (AvgIpc) is 2.86. The third-order valence-electron chi connectivity index (χ3n) is 3.12. The second-order valence-corrected chi connectivity index (χ2v) is 4.28. The summed E-state index contributed by atoms with van der Waals surface area (Å²) in [6, 6.07) is 6.10. The number of carbonyl (C=O) groups excluding carboxylic acids is 1. The van der Waals surface area contributed by atoms with E-state index in [1.54, 1.807) is 24.1 Å². The number of nitrogens with zero attached hydrogens (tertiary/aromatic N) is 1. The minimum atomic E-state index is -1.03. The molecule has 1 N–H and O–H groups in total. The second-order valence-electron chi connectivity index (χ2n) is 4.28. The summed E-state index contributed by atoms with van der Waals surface area (Å²) in [5.74, 6) is -1.17. The summed E-state index contributed by atoms with van der Waals surface area (Å²) in [6.45, 7) is 1.21. The largest absolute Gasteiger partial charge is 0.478 e. The van der Waals surface area contributed by atoms with Crippen LogP contribution in [0.25, 0.3) is 0 Å². The molecule has 18 heavy (non-hydrogen) atoms. The number of rotatable bonds is 3. The third kappa shape index (κ3) is 2.51. The van der Waals surface area contributed by atoms with Crippen molar-refractivity contribution in [1.29, 1.82) is 0 Å². The molecule has 0 unspecified atom stereocenters. The molecule has 1 saturated heterocycles. The summed E-state index contributed by atoms with van der Waals surface area (Å²) in [4.78, 5) is 24.7. The maximum Gasteiger partial charge on any atom is 0.335 e. The predicted molar refractivity (Wildman–Crippen MR) is 64.7 cm³/mol. The maximum atomic E-state index is 12.2. The molecule has 1 amide bonds. The van der Waals surface area contributed by atoms with Gasteiger partial charge in [0.05, 0.1) is 11.7 Å². The molecule has 2 rings (SSSR count). The number of amides is 1. The molecular weight excluding hydrogens is 234 g/mol. The van der Waals surface area contributed by atoms with Gasteiger partial charge in [-0.2, -0.15) is 0 Å². The molecule has 0 spiro atoms. The molecule has 5 nitrogen and oxygen atoms in total. The first-order valence-electron chi connectivity index (χ1n) is 5.77. The van der Waals surface area contributed by atoms with Crippen molar-refractivity contribution in [1.82, 2.24) is 4.90 Å². The quantitative estimate of drug-likeness (QED) is 0.875. The molecule has 0 aromatic heterocycles. The molecule has 1 aliphatic heterocycles. The Morgan fingerprint density at radius 2 is 2.11 bits per heavy atom. The Labute approximate surface area is 105 Å². The topological polar surface area (TPSA) is 66.8 Å². The minimum Gasteiger partial charge on any atom is -0.478 e. The number of carboxylic acid groups (broad SMARTS) is 1. The van der Waals surface area contributed by atoms with Crippen molar-refractivity contribution in [3.63, 3.8) is 0 Å². The van der Waals surface area contributed by atoms with Gasteiger partial charge in [0.1, 0.15) is 0 Å². The fourth-order valence-electron chi connectivity index (χ4n) is 2.07. The van der Waals surface area contributed by atoms with Crippen molar-refractivity contribution in [2.75, 3.05) is 20.2 Å². The van der Waals surface area contributed by atoms with Crippen LogP contribution in [0, 0.1) is 0 Å². The van der Waals surface area contributed by atoms with Gasteiger partial charge < -0.3 is 14.7 Å². The fourth-order valence-corrected chi connectivity index (χ4v) is 2.07. The van der Waals surface area contributed by atoms with Crippen molar-refractivity contribution in [3.05, 3.63) is 35.4 Å². The van der Waals surface area contributed by atoms with Gasteiger partial charge in [0.25, 0.3) is 5.91 Å². The second kappa shape index (κ2) is 5.18. The summed E-state index contributed by atoms with van der Waals surface area (Å²) < 4.78 is 5.20. The van der Waals surface area contributed by atoms with Crippen molar-refractivity contribution >= 4 is 11.9 Å². The van der Waals surface area contributed by atoms with E-state index < -0.39 is 5.97 Å². The maximum absolute atomic E-state index is 12.2. The van der Waals surface area contributed by atoms with E-state index in [1.165, 1.54) is 12.1 Å². The Balaban J connectivity index is 2.14. The van der Waals surface area contributed by atoms with Gasteiger partial charge in [-0.05, 0) is 24.6 Å². The standard InChI is InChI=1S/C13H15NO4/c1-18-11-5-6-14(8-11)12(15)9-3-2-4-10(7-9)13(16)17/h2-4,7,11H,5-6,8H2,1H3,(H,16,17)/t11-/m0/s1. The van der Waals surface area contributed by atoms with E-state index in [-0.39, 0.29) is 17.6 Å². The van der Waals surface area contributed by atoms with E-state index in [9.17, 15) is 9.59 Å².